The van der Waals surface area contributed by atoms with Crippen molar-refractivity contribution in [1.29, 1.82) is 0 Å². The maximum atomic E-state index is 12.2. The maximum Gasteiger partial charge on any atom is 0.350 e. The minimum absolute atomic E-state index is 0.164. The molecule has 1 aromatic carbocycles. The summed E-state index contributed by atoms with van der Waals surface area (Å²) in [5.74, 6) is -0.921. The van der Waals surface area contributed by atoms with Crippen LogP contribution in [0.3, 0.4) is 0 Å². The Morgan fingerprint density at radius 3 is 2.68 bits per heavy atom. The molecule has 8 heteroatoms. The van der Waals surface area contributed by atoms with E-state index in [4.69, 9.17) is 4.74 Å². The van der Waals surface area contributed by atoms with Crippen LogP contribution in [-0.4, -0.2) is 33.4 Å². The highest BCUT2D eigenvalue weighted by molar-refractivity contribution is 7.18. The number of aromatic nitrogens is 3. The molecule has 25 heavy (non-hydrogen) atoms. The van der Waals surface area contributed by atoms with Crippen molar-refractivity contribution in [2.45, 2.75) is 6.92 Å². The van der Waals surface area contributed by atoms with Gasteiger partial charge in [0, 0.05) is 18.0 Å². The molecule has 0 fully saturated rings. The van der Waals surface area contributed by atoms with Gasteiger partial charge in [-0.15, -0.1) is 0 Å². The normalized spacial score (nSPS) is 10.3. The summed E-state index contributed by atoms with van der Waals surface area (Å²) in [6.07, 6.45) is 4.26. The van der Waals surface area contributed by atoms with Gasteiger partial charge in [-0.1, -0.05) is 41.7 Å². The molecule has 0 radical (unpaired) electrons. The van der Waals surface area contributed by atoms with E-state index in [9.17, 15) is 9.59 Å². The Balaban J connectivity index is 1.93. The maximum absolute atomic E-state index is 12.2. The van der Waals surface area contributed by atoms with Gasteiger partial charge in [0.05, 0.1) is 18.5 Å². The number of benzene rings is 1. The number of rotatable bonds is 5. The quantitative estimate of drug-likeness (QED) is 0.708. The van der Waals surface area contributed by atoms with E-state index in [1.54, 1.807) is 6.92 Å². The molecular weight excluding hydrogens is 340 g/mol. The van der Waals surface area contributed by atoms with Crippen LogP contribution in [0.15, 0.2) is 48.9 Å². The predicted octanol–water partition coefficient (Wildman–Crippen LogP) is 3.03. The lowest BCUT2D eigenvalue weighted by molar-refractivity contribution is 0.0532. The van der Waals surface area contributed by atoms with Gasteiger partial charge in [-0.2, -0.15) is 0 Å². The summed E-state index contributed by atoms with van der Waals surface area (Å²) in [4.78, 5) is 36.9. The van der Waals surface area contributed by atoms with Crippen molar-refractivity contribution in [2.75, 3.05) is 11.9 Å². The summed E-state index contributed by atoms with van der Waals surface area (Å²) >= 11 is 1.06. The fourth-order valence-corrected chi connectivity index (χ4v) is 2.95. The smallest absolute Gasteiger partial charge is 0.350 e. The van der Waals surface area contributed by atoms with Crippen LogP contribution >= 0.6 is 11.3 Å². The molecule has 0 unspecified atom stereocenters. The highest BCUT2D eigenvalue weighted by atomic mass is 32.1. The second-order valence-electron chi connectivity index (χ2n) is 4.83. The van der Waals surface area contributed by atoms with Gasteiger partial charge in [-0.05, 0) is 6.92 Å². The van der Waals surface area contributed by atoms with Crippen LogP contribution in [0.5, 0.6) is 0 Å². The fourth-order valence-electron chi connectivity index (χ4n) is 2.08. The average molecular weight is 354 g/mol. The summed E-state index contributed by atoms with van der Waals surface area (Å²) in [6.45, 7) is 1.99. The molecule has 0 aliphatic carbocycles. The van der Waals surface area contributed by atoms with Gasteiger partial charge >= 0.3 is 5.97 Å². The third-order valence-corrected chi connectivity index (χ3v) is 4.10. The molecule has 0 spiro atoms. The van der Waals surface area contributed by atoms with E-state index in [1.807, 2.05) is 30.3 Å². The van der Waals surface area contributed by atoms with E-state index in [-0.39, 0.29) is 17.4 Å². The third kappa shape index (κ3) is 3.86. The van der Waals surface area contributed by atoms with Crippen LogP contribution in [0.4, 0.5) is 5.13 Å². The summed E-state index contributed by atoms with van der Waals surface area (Å²) in [5.41, 5.74) is 1.40. The van der Waals surface area contributed by atoms with E-state index in [0.717, 1.165) is 16.9 Å². The molecule has 0 aliphatic heterocycles. The van der Waals surface area contributed by atoms with Crippen LogP contribution in [0.25, 0.3) is 11.3 Å². The first-order chi connectivity index (χ1) is 12.2. The topological polar surface area (TPSA) is 94.1 Å². The van der Waals surface area contributed by atoms with Crippen LogP contribution in [0, 0.1) is 0 Å². The molecule has 3 rings (SSSR count). The van der Waals surface area contributed by atoms with Gasteiger partial charge in [0.25, 0.3) is 5.91 Å². The Hall–Kier alpha value is -3.13. The zero-order valence-corrected chi connectivity index (χ0v) is 14.1. The van der Waals surface area contributed by atoms with Crippen molar-refractivity contribution >= 4 is 28.3 Å². The number of carbonyl (C=O) groups excluding carboxylic acids is 2. The Labute approximate surface area is 147 Å². The van der Waals surface area contributed by atoms with E-state index in [0.29, 0.717) is 10.6 Å². The van der Waals surface area contributed by atoms with Crippen molar-refractivity contribution in [3.63, 3.8) is 0 Å². The van der Waals surface area contributed by atoms with Crippen molar-refractivity contribution in [3.05, 3.63) is 59.5 Å². The minimum atomic E-state index is -0.473. The van der Waals surface area contributed by atoms with Gasteiger partial charge in [-0.3, -0.25) is 15.1 Å². The molecule has 1 N–H and O–H groups in total. The first kappa shape index (κ1) is 16.7. The van der Waals surface area contributed by atoms with Gasteiger partial charge in [0.1, 0.15) is 10.6 Å². The summed E-state index contributed by atoms with van der Waals surface area (Å²) in [5, 5.41) is 2.93. The van der Waals surface area contributed by atoms with Crippen molar-refractivity contribution in [1.82, 2.24) is 15.0 Å². The number of amides is 1. The number of ether oxygens (including phenoxy) is 1. The first-order valence-corrected chi connectivity index (χ1v) is 8.31. The highest BCUT2D eigenvalue weighted by Gasteiger charge is 2.22. The Bertz CT molecular complexity index is 881. The van der Waals surface area contributed by atoms with Crippen molar-refractivity contribution in [2.24, 2.45) is 0 Å². The van der Waals surface area contributed by atoms with Gasteiger partial charge in [0.2, 0.25) is 0 Å². The standard InChI is InChI=1S/C17H14N4O3S/c1-2-24-16(23)14-13(11-6-4-3-5-7-11)20-17(25-14)21-15(22)12-10-18-8-9-19-12/h3-10H,2H2,1H3,(H,20,21,22). The average Bonchev–Trinajstić information content (AvgIpc) is 3.07. The molecule has 0 saturated heterocycles. The predicted molar refractivity (Wildman–Crippen MR) is 93.5 cm³/mol. The number of nitrogens with one attached hydrogen (secondary N) is 1. The van der Waals surface area contributed by atoms with E-state index < -0.39 is 11.9 Å². The lowest BCUT2D eigenvalue weighted by Gasteiger charge is -2.01. The number of esters is 1. The minimum Gasteiger partial charge on any atom is -0.462 e. The van der Waals surface area contributed by atoms with E-state index in [2.05, 4.69) is 20.3 Å². The molecule has 0 saturated carbocycles. The van der Waals surface area contributed by atoms with Gasteiger partial charge < -0.3 is 4.74 Å². The highest BCUT2D eigenvalue weighted by Crippen LogP contribution is 2.31. The second-order valence-corrected chi connectivity index (χ2v) is 5.83. The number of anilines is 1. The summed E-state index contributed by atoms with van der Waals surface area (Å²) < 4.78 is 5.09. The van der Waals surface area contributed by atoms with E-state index >= 15 is 0 Å². The lowest BCUT2D eigenvalue weighted by Crippen LogP contribution is -2.13. The van der Waals surface area contributed by atoms with Crippen LogP contribution in [-0.2, 0) is 4.74 Å². The monoisotopic (exact) mass is 354 g/mol. The van der Waals surface area contributed by atoms with Crippen molar-refractivity contribution < 1.29 is 14.3 Å². The van der Waals surface area contributed by atoms with Gasteiger partial charge in [-0.25, -0.2) is 14.8 Å². The molecule has 2 aromatic heterocycles. The van der Waals surface area contributed by atoms with Crippen LogP contribution < -0.4 is 5.32 Å². The zero-order valence-electron chi connectivity index (χ0n) is 13.3. The molecule has 3 aromatic rings. The Morgan fingerprint density at radius 2 is 2.00 bits per heavy atom. The van der Waals surface area contributed by atoms with Gasteiger partial charge in [0.15, 0.2) is 5.13 Å². The zero-order chi connectivity index (χ0) is 17.6. The molecule has 0 aliphatic rings. The van der Waals surface area contributed by atoms with E-state index in [1.165, 1.54) is 18.6 Å². The molecule has 126 valence electrons. The molecule has 7 nitrogen and oxygen atoms in total. The molecular formula is C17H14N4O3S. The Kier molecular flexibility index (Phi) is 5.10. The number of hydrogen-bond acceptors (Lipinski definition) is 7. The fraction of sp³-hybridized carbons (Fsp3) is 0.118. The Morgan fingerprint density at radius 1 is 1.20 bits per heavy atom. The molecule has 0 atom stereocenters. The summed E-state index contributed by atoms with van der Waals surface area (Å²) in [7, 11) is 0. The van der Waals surface area contributed by atoms with Crippen LogP contribution in [0.1, 0.15) is 27.1 Å². The number of hydrogen-bond donors (Lipinski definition) is 1. The largest absolute Gasteiger partial charge is 0.462 e. The first-order valence-electron chi connectivity index (χ1n) is 7.49. The second kappa shape index (κ2) is 7.63. The van der Waals surface area contributed by atoms with Crippen LogP contribution in [0.2, 0.25) is 0 Å². The summed E-state index contributed by atoms with van der Waals surface area (Å²) in [6, 6.07) is 9.25. The lowest BCUT2D eigenvalue weighted by atomic mass is 10.1. The molecule has 0 bridgehead atoms. The molecule has 1 amide bonds. The molecule has 2 heterocycles. The number of carbonyl (C=O) groups is 2. The third-order valence-electron chi connectivity index (χ3n) is 3.15. The number of nitrogens with zero attached hydrogens (tertiary/aromatic N) is 3. The SMILES string of the molecule is CCOC(=O)c1sc(NC(=O)c2cnccn2)nc1-c1ccccc1. The van der Waals surface area contributed by atoms with Crippen molar-refractivity contribution in [3.8, 4) is 11.3 Å². The number of thiazole rings is 1.